The molecule has 1 fully saturated rings. The highest BCUT2D eigenvalue weighted by atomic mass is 19.3. The molecule has 0 radical (unpaired) electrons. The minimum Gasteiger partial charge on any atom is -0.467 e. The number of halogens is 2. The van der Waals surface area contributed by atoms with E-state index in [0.717, 1.165) is 7.11 Å². The Labute approximate surface area is 66.9 Å². The van der Waals surface area contributed by atoms with Crippen LogP contribution in [0, 0.1) is 0 Å². The maximum absolute atomic E-state index is 12.5. The predicted molar refractivity (Wildman–Crippen MR) is 33.5 cm³/mol. The summed E-state index contributed by atoms with van der Waals surface area (Å²) in [5.41, 5.74) is 0. The minimum absolute atomic E-state index is 0.821. The quantitative estimate of drug-likeness (QED) is 0.561. The van der Waals surface area contributed by atoms with Gasteiger partial charge < -0.3 is 10.1 Å². The van der Waals surface area contributed by atoms with Crippen molar-refractivity contribution in [3.63, 3.8) is 0 Å². The monoisotopic (exact) mass is 179 g/mol. The molecule has 1 atom stereocenters. The summed E-state index contributed by atoms with van der Waals surface area (Å²) in [6, 6.07) is -1.21. The summed E-state index contributed by atoms with van der Waals surface area (Å²) in [5.74, 6) is -5.71. The second-order valence-corrected chi connectivity index (χ2v) is 2.46. The van der Waals surface area contributed by atoms with Crippen molar-refractivity contribution in [3.8, 4) is 0 Å². The van der Waals surface area contributed by atoms with Gasteiger partial charge >= 0.3 is 11.9 Å². The third kappa shape index (κ3) is 1.37. The fourth-order valence-electron chi connectivity index (χ4n) is 0.948. The SMILES string of the molecule is COC(=O)C1CC(F)(F)C(=O)N1. The smallest absolute Gasteiger partial charge is 0.328 e. The molecule has 4 nitrogen and oxygen atoms in total. The number of rotatable bonds is 1. The number of esters is 1. The van der Waals surface area contributed by atoms with Crippen LogP contribution in [0.4, 0.5) is 8.78 Å². The van der Waals surface area contributed by atoms with Crippen LogP contribution in [-0.4, -0.2) is 31.0 Å². The highest BCUT2D eigenvalue weighted by molar-refractivity contribution is 5.92. The van der Waals surface area contributed by atoms with Crippen LogP contribution in [0.2, 0.25) is 0 Å². The van der Waals surface area contributed by atoms with E-state index in [-0.39, 0.29) is 0 Å². The molecule has 6 heteroatoms. The van der Waals surface area contributed by atoms with Gasteiger partial charge in [0.2, 0.25) is 0 Å². The van der Waals surface area contributed by atoms with Gasteiger partial charge in [0.15, 0.2) is 0 Å². The van der Waals surface area contributed by atoms with E-state index in [2.05, 4.69) is 4.74 Å². The number of carbonyl (C=O) groups is 2. The Balaban J connectivity index is 2.67. The molecule has 1 aliphatic rings. The standard InChI is InChI=1S/C6H7F2NO3/c1-12-4(10)3-2-6(7,8)5(11)9-3/h3H,2H2,1H3,(H,9,11). The minimum atomic E-state index is -3.45. The first-order valence-corrected chi connectivity index (χ1v) is 3.24. The number of hydrogen-bond acceptors (Lipinski definition) is 3. The van der Waals surface area contributed by atoms with Crippen LogP contribution < -0.4 is 5.32 Å². The molecule has 0 aromatic carbocycles. The summed E-state index contributed by atoms with van der Waals surface area (Å²) < 4.78 is 29.1. The number of carbonyl (C=O) groups excluding carboxylic acids is 2. The topological polar surface area (TPSA) is 55.4 Å². The molecule has 1 saturated heterocycles. The molecule has 0 aromatic rings. The summed E-state index contributed by atoms with van der Waals surface area (Å²) >= 11 is 0. The van der Waals surface area contributed by atoms with E-state index in [0.29, 0.717) is 0 Å². The third-order valence-electron chi connectivity index (χ3n) is 1.58. The van der Waals surface area contributed by atoms with E-state index in [1.54, 1.807) is 0 Å². The molecule has 1 aliphatic heterocycles. The largest absolute Gasteiger partial charge is 0.467 e. The first-order chi connectivity index (χ1) is 5.47. The maximum atomic E-state index is 12.5. The van der Waals surface area contributed by atoms with E-state index in [1.165, 1.54) is 0 Å². The van der Waals surface area contributed by atoms with E-state index < -0.39 is 30.3 Å². The van der Waals surface area contributed by atoms with E-state index in [4.69, 9.17) is 0 Å². The fourth-order valence-corrected chi connectivity index (χ4v) is 0.948. The number of hydrogen-bond donors (Lipinski definition) is 1. The maximum Gasteiger partial charge on any atom is 0.328 e. The molecule has 0 aromatic heterocycles. The molecule has 1 amide bonds. The Morgan fingerprint density at radius 1 is 1.75 bits per heavy atom. The molecule has 12 heavy (non-hydrogen) atoms. The lowest BCUT2D eigenvalue weighted by atomic mass is 10.2. The van der Waals surface area contributed by atoms with Crippen LogP contribution in [0.15, 0.2) is 0 Å². The lowest BCUT2D eigenvalue weighted by Crippen LogP contribution is -2.34. The second-order valence-electron chi connectivity index (χ2n) is 2.46. The third-order valence-corrected chi connectivity index (χ3v) is 1.58. The zero-order valence-corrected chi connectivity index (χ0v) is 6.27. The lowest BCUT2D eigenvalue weighted by molar-refractivity contribution is -0.143. The van der Waals surface area contributed by atoms with Crippen LogP contribution in [0.1, 0.15) is 6.42 Å². The summed E-state index contributed by atoms with van der Waals surface area (Å²) in [7, 11) is 1.07. The molecule has 68 valence electrons. The Morgan fingerprint density at radius 3 is 2.67 bits per heavy atom. The van der Waals surface area contributed by atoms with Crippen LogP contribution in [0.5, 0.6) is 0 Å². The summed E-state index contributed by atoms with van der Waals surface area (Å²) in [5, 5.41) is 1.83. The summed E-state index contributed by atoms with van der Waals surface area (Å²) in [6.07, 6.45) is -0.821. The number of amides is 1. The molecule has 1 rings (SSSR count). The molecule has 1 unspecified atom stereocenters. The second kappa shape index (κ2) is 2.69. The van der Waals surface area contributed by atoms with Crippen molar-refractivity contribution < 1.29 is 23.1 Å². The molecular weight excluding hydrogens is 172 g/mol. The Morgan fingerprint density at radius 2 is 2.33 bits per heavy atom. The fraction of sp³-hybridized carbons (Fsp3) is 0.667. The molecule has 0 bridgehead atoms. The molecule has 0 spiro atoms. The van der Waals surface area contributed by atoms with Crippen molar-refractivity contribution in [2.75, 3.05) is 7.11 Å². The van der Waals surface area contributed by atoms with Gasteiger partial charge in [-0.15, -0.1) is 0 Å². The van der Waals surface area contributed by atoms with E-state index >= 15 is 0 Å². The first kappa shape index (κ1) is 8.89. The molecule has 0 aliphatic carbocycles. The molecule has 0 saturated carbocycles. The van der Waals surface area contributed by atoms with Crippen LogP contribution in [0.3, 0.4) is 0 Å². The van der Waals surface area contributed by atoms with Gasteiger partial charge in [-0.2, -0.15) is 8.78 Å². The molecule has 1 N–H and O–H groups in total. The number of alkyl halides is 2. The first-order valence-electron chi connectivity index (χ1n) is 3.24. The lowest BCUT2D eigenvalue weighted by Gasteiger charge is -2.04. The van der Waals surface area contributed by atoms with Gasteiger partial charge in [-0.05, 0) is 0 Å². The van der Waals surface area contributed by atoms with Crippen molar-refractivity contribution in [3.05, 3.63) is 0 Å². The van der Waals surface area contributed by atoms with Crippen molar-refractivity contribution in [2.45, 2.75) is 18.4 Å². The van der Waals surface area contributed by atoms with E-state index in [9.17, 15) is 18.4 Å². The molecule has 1 heterocycles. The summed E-state index contributed by atoms with van der Waals surface area (Å²) in [4.78, 5) is 21.1. The number of methoxy groups -OCH3 is 1. The van der Waals surface area contributed by atoms with Gasteiger partial charge in [-0.25, -0.2) is 4.79 Å². The van der Waals surface area contributed by atoms with Gasteiger partial charge in [0.1, 0.15) is 6.04 Å². The van der Waals surface area contributed by atoms with E-state index in [1.807, 2.05) is 5.32 Å². The van der Waals surface area contributed by atoms with Crippen molar-refractivity contribution >= 4 is 11.9 Å². The van der Waals surface area contributed by atoms with Crippen molar-refractivity contribution in [1.82, 2.24) is 5.32 Å². The predicted octanol–water partition coefficient (Wildman–Crippen LogP) is -0.317. The van der Waals surface area contributed by atoms with Crippen LogP contribution in [-0.2, 0) is 14.3 Å². The van der Waals surface area contributed by atoms with Gasteiger partial charge in [-0.1, -0.05) is 0 Å². The van der Waals surface area contributed by atoms with Gasteiger partial charge in [-0.3, -0.25) is 4.79 Å². The summed E-state index contributed by atoms with van der Waals surface area (Å²) in [6.45, 7) is 0. The Bertz CT molecular complexity index is 229. The average Bonchev–Trinajstić information content (AvgIpc) is 2.25. The zero-order valence-electron chi connectivity index (χ0n) is 6.27. The normalized spacial score (nSPS) is 26.6. The Hall–Kier alpha value is -1.20. The zero-order chi connectivity index (χ0) is 9.35. The number of ether oxygens (including phenoxy) is 1. The average molecular weight is 179 g/mol. The Kier molecular flexibility index (Phi) is 1.99. The van der Waals surface area contributed by atoms with Gasteiger partial charge in [0.25, 0.3) is 5.91 Å². The van der Waals surface area contributed by atoms with Crippen LogP contribution >= 0.6 is 0 Å². The highest BCUT2D eigenvalue weighted by Crippen LogP contribution is 2.26. The van der Waals surface area contributed by atoms with Gasteiger partial charge in [0, 0.05) is 0 Å². The molecular formula is C6H7F2NO3. The van der Waals surface area contributed by atoms with Gasteiger partial charge in [0.05, 0.1) is 13.5 Å². The number of nitrogens with one attached hydrogen (secondary N) is 1. The highest BCUT2D eigenvalue weighted by Gasteiger charge is 2.50. The van der Waals surface area contributed by atoms with Crippen molar-refractivity contribution in [1.29, 1.82) is 0 Å². The van der Waals surface area contributed by atoms with Crippen LogP contribution in [0.25, 0.3) is 0 Å². The van der Waals surface area contributed by atoms with Crippen molar-refractivity contribution in [2.24, 2.45) is 0 Å².